The molecule has 0 aromatic carbocycles. The smallest absolute Gasteiger partial charge is 0.320 e. The summed E-state index contributed by atoms with van der Waals surface area (Å²) in [4.78, 5) is 16.6. The molecule has 0 aromatic heterocycles. The first-order valence-electron chi connectivity index (χ1n) is 6.22. The predicted octanol–water partition coefficient (Wildman–Crippen LogP) is 0.591. The third kappa shape index (κ3) is 1.80. The molecule has 5 heteroatoms. The fraction of sp³-hybridized carbons (Fsp3) is 0.909. The predicted molar refractivity (Wildman–Crippen MR) is 65.8 cm³/mol. The minimum Gasteiger partial charge on any atom is -0.323 e. The molecule has 0 radical (unpaired) electrons. The monoisotopic (exact) mass is 241 g/mol. The topological polar surface area (TPSA) is 35.6 Å². The molecule has 0 saturated carbocycles. The van der Waals surface area contributed by atoms with Crippen LogP contribution in [0.25, 0.3) is 0 Å². The van der Waals surface area contributed by atoms with Crippen molar-refractivity contribution in [3.05, 3.63) is 0 Å². The molecule has 3 rings (SSSR count). The van der Waals surface area contributed by atoms with Crippen molar-refractivity contribution in [2.24, 2.45) is 0 Å². The zero-order chi connectivity index (χ0) is 11.0. The molecule has 2 unspecified atom stereocenters. The number of fused-ring (bicyclic) bond motifs is 2. The minimum absolute atomic E-state index is 0.300. The molecule has 2 bridgehead atoms. The van der Waals surface area contributed by atoms with Gasteiger partial charge in [0.05, 0.1) is 0 Å². The van der Waals surface area contributed by atoms with Gasteiger partial charge in [-0.1, -0.05) is 0 Å². The molecule has 0 aliphatic carbocycles. The van der Waals surface area contributed by atoms with Crippen LogP contribution in [-0.4, -0.2) is 65.6 Å². The van der Waals surface area contributed by atoms with Gasteiger partial charge in [-0.05, 0) is 12.8 Å². The first kappa shape index (κ1) is 10.7. The number of amides is 2. The van der Waals surface area contributed by atoms with Crippen LogP contribution in [0.4, 0.5) is 4.79 Å². The van der Waals surface area contributed by atoms with Crippen molar-refractivity contribution in [2.45, 2.75) is 24.9 Å². The zero-order valence-electron chi connectivity index (χ0n) is 9.52. The van der Waals surface area contributed by atoms with Crippen molar-refractivity contribution >= 4 is 17.8 Å². The van der Waals surface area contributed by atoms with Gasteiger partial charge in [0, 0.05) is 49.8 Å². The van der Waals surface area contributed by atoms with E-state index in [-0.39, 0.29) is 0 Å². The number of rotatable bonds is 0. The molecular weight excluding hydrogens is 222 g/mol. The van der Waals surface area contributed by atoms with Gasteiger partial charge in [-0.15, -0.1) is 0 Å². The number of piperazine rings is 1. The van der Waals surface area contributed by atoms with E-state index in [1.807, 2.05) is 16.7 Å². The second-order valence-corrected chi connectivity index (χ2v) is 6.06. The second-order valence-electron chi connectivity index (χ2n) is 4.83. The van der Waals surface area contributed by atoms with Crippen LogP contribution < -0.4 is 5.32 Å². The van der Waals surface area contributed by atoms with E-state index in [0.717, 1.165) is 37.7 Å². The Morgan fingerprint density at radius 1 is 1.12 bits per heavy atom. The van der Waals surface area contributed by atoms with Gasteiger partial charge in [0.1, 0.15) is 0 Å². The molecule has 2 amide bonds. The van der Waals surface area contributed by atoms with E-state index in [9.17, 15) is 4.79 Å². The van der Waals surface area contributed by atoms with E-state index in [1.165, 1.54) is 12.8 Å². The van der Waals surface area contributed by atoms with Crippen LogP contribution in [-0.2, 0) is 0 Å². The summed E-state index contributed by atoms with van der Waals surface area (Å²) in [6.45, 7) is 3.86. The molecule has 3 aliphatic heterocycles. The highest BCUT2D eigenvalue weighted by Gasteiger charge is 2.41. The van der Waals surface area contributed by atoms with Crippen molar-refractivity contribution in [1.29, 1.82) is 0 Å². The summed E-state index contributed by atoms with van der Waals surface area (Å²) in [7, 11) is 0. The summed E-state index contributed by atoms with van der Waals surface area (Å²) in [5, 5.41) is 3.42. The van der Waals surface area contributed by atoms with Gasteiger partial charge in [-0.2, -0.15) is 11.8 Å². The van der Waals surface area contributed by atoms with Crippen LogP contribution in [0.1, 0.15) is 12.8 Å². The summed E-state index contributed by atoms with van der Waals surface area (Å²) in [6, 6.07) is 1.22. The van der Waals surface area contributed by atoms with Gasteiger partial charge in [0.2, 0.25) is 0 Å². The van der Waals surface area contributed by atoms with Crippen LogP contribution in [0.3, 0.4) is 0 Å². The summed E-state index contributed by atoms with van der Waals surface area (Å²) >= 11 is 1.96. The molecule has 3 saturated heterocycles. The second kappa shape index (κ2) is 4.45. The number of carbonyl (C=O) groups is 1. The normalized spacial score (nSPS) is 34.2. The van der Waals surface area contributed by atoms with Gasteiger partial charge in [-0.25, -0.2) is 4.79 Å². The van der Waals surface area contributed by atoms with Crippen LogP contribution >= 0.6 is 11.8 Å². The third-order valence-electron chi connectivity index (χ3n) is 3.88. The number of urea groups is 1. The van der Waals surface area contributed by atoms with Gasteiger partial charge in [-0.3, -0.25) is 0 Å². The largest absolute Gasteiger partial charge is 0.323 e. The van der Waals surface area contributed by atoms with Crippen molar-refractivity contribution in [3.8, 4) is 0 Å². The maximum Gasteiger partial charge on any atom is 0.320 e. The van der Waals surface area contributed by atoms with E-state index in [4.69, 9.17) is 0 Å². The Bertz CT molecular complexity index is 264. The zero-order valence-corrected chi connectivity index (χ0v) is 10.3. The highest BCUT2D eigenvalue weighted by molar-refractivity contribution is 7.99. The lowest BCUT2D eigenvalue weighted by Crippen LogP contribution is -2.58. The number of thioether (sulfide) groups is 1. The maximum absolute atomic E-state index is 12.4. The average Bonchev–Trinajstić information content (AvgIpc) is 2.59. The summed E-state index contributed by atoms with van der Waals surface area (Å²) in [6.07, 6.45) is 2.37. The molecule has 0 aromatic rings. The van der Waals surface area contributed by atoms with Crippen molar-refractivity contribution < 1.29 is 4.79 Å². The standard InChI is InChI=1S/C11H19N3OS/c15-11(13-3-5-16-6-4-13)14-9-1-2-10(14)8-12-7-9/h9-10,12H,1-8H2. The fourth-order valence-corrected chi connectivity index (χ4v) is 3.91. The molecule has 3 heterocycles. The molecular formula is C11H19N3OS. The SMILES string of the molecule is O=C(N1CCSCC1)N1C2CCC1CNC2. The van der Waals surface area contributed by atoms with Crippen molar-refractivity contribution in [1.82, 2.24) is 15.1 Å². The van der Waals surface area contributed by atoms with Crippen LogP contribution in [0.15, 0.2) is 0 Å². The van der Waals surface area contributed by atoms with E-state index < -0.39 is 0 Å². The Balaban J connectivity index is 1.69. The highest BCUT2D eigenvalue weighted by Crippen LogP contribution is 2.28. The molecule has 90 valence electrons. The maximum atomic E-state index is 12.4. The van der Waals surface area contributed by atoms with E-state index in [1.54, 1.807) is 0 Å². The average molecular weight is 241 g/mol. The first-order chi connectivity index (χ1) is 7.86. The quantitative estimate of drug-likeness (QED) is 0.674. The molecule has 1 N–H and O–H groups in total. The summed E-state index contributed by atoms with van der Waals surface area (Å²) in [5.41, 5.74) is 0. The van der Waals surface area contributed by atoms with Gasteiger partial charge < -0.3 is 15.1 Å². The molecule has 16 heavy (non-hydrogen) atoms. The molecule has 3 aliphatic rings. The van der Waals surface area contributed by atoms with E-state index in [0.29, 0.717) is 18.1 Å². The Labute approximate surface area is 101 Å². The molecule has 3 fully saturated rings. The number of hydrogen-bond acceptors (Lipinski definition) is 3. The number of nitrogens with zero attached hydrogens (tertiary/aromatic N) is 2. The van der Waals surface area contributed by atoms with Crippen LogP contribution in [0, 0.1) is 0 Å². The Morgan fingerprint density at radius 3 is 2.38 bits per heavy atom. The van der Waals surface area contributed by atoms with Crippen LogP contribution in [0.2, 0.25) is 0 Å². The van der Waals surface area contributed by atoms with E-state index >= 15 is 0 Å². The Morgan fingerprint density at radius 2 is 1.75 bits per heavy atom. The highest BCUT2D eigenvalue weighted by atomic mass is 32.2. The third-order valence-corrected chi connectivity index (χ3v) is 4.82. The summed E-state index contributed by atoms with van der Waals surface area (Å²) in [5.74, 6) is 2.21. The van der Waals surface area contributed by atoms with E-state index in [2.05, 4.69) is 10.2 Å². The molecule has 4 nitrogen and oxygen atoms in total. The number of carbonyl (C=O) groups excluding carboxylic acids is 1. The number of nitrogens with one attached hydrogen (secondary N) is 1. The van der Waals surface area contributed by atoms with Crippen molar-refractivity contribution in [3.63, 3.8) is 0 Å². The van der Waals surface area contributed by atoms with Gasteiger partial charge in [0.25, 0.3) is 0 Å². The lowest BCUT2D eigenvalue weighted by molar-refractivity contribution is 0.120. The molecule has 0 spiro atoms. The molecule has 2 atom stereocenters. The minimum atomic E-state index is 0.300. The summed E-state index contributed by atoms with van der Waals surface area (Å²) < 4.78 is 0. The van der Waals surface area contributed by atoms with Gasteiger partial charge in [0.15, 0.2) is 0 Å². The Kier molecular flexibility index (Phi) is 2.98. The first-order valence-corrected chi connectivity index (χ1v) is 7.37. The van der Waals surface area contributed by atoms with Crippen molar-refractivity contribution in [2.75, 3.05) is 37.7 Å². The lowest BCUT2D eigenvalue weighted by atomic mass is 10.2. The lowest BCUT2D eigenvalue weighted by Gasteiger charge is -2.39. The number of hydrogen-bond donors (Lipinski definition) is 1. The Hall–Kier alpha value is -0.420. The van der Waals surface area contributed by atoms with Gasteiger partial charge >= 0.3 is 6.03 Å². The van der Waals surface area contributed by atoms with Crippen LogP contribution in [0.5, 0.6) is 0 Å². The fourth-order valence-electron chi connectivity index (χ4n) is 3.01.